The number of halogens is 1. The summed E-state index contributed by atoms with van der Waals surface area (Å²) in [6.45, 7) is 3.79. The molecule has 28 heavy (non-hydrogen) atoms. The molecule has 0 spiro atoms. The summed E-state index contributed by atoms with van der Waals surface area (Å²) >= 11 is 0. The maximum atomic E-state index is 12.7. The predicted molar refractivity (Wildman–Crippen MR) is 114 cm³/mol. The molecular weight excluding hydrogens is 374 g/mol. The fourth-order valence-corrected chi connectivity index (χ4v) is 3.33. The number of aryl methyl sites for hydroxylation is 1. The van der Waals surface area contributed by atoms with E-state index in [1.165, 1.54) is 0 Å². The van der Waals surface area contributed by atoms with Crippen LogP contribution in [0.2, 0.25) is 0 Å². The van der Waals surface area contributed by atoms with Gasteiger partial charge in [-0.15, -0.1) is 12.4 Å². The monoisotopic (exact) mass is 401 g/mol. The van der Waals surface area contributed by atoms with E-state index in [9.17, 15) is 9.59 Å². The summed E-state index contributed by atoms with van der Waals surface area (Å²) in [5.41, 5.74) is 2.62. The van der Waals surface area contributed by atoms with Crippen LogP contribution in [0.25, 0.3) is 0 Å². The van der Waals surface area contributed by atoms with Gasteiger partial charge >= 0.3 is 0 Å². The fourth-order valence-electron chi connectivity index (χ4n) is 3.33. The number of nitrogens with one attached hydrogen (secondary N) is 3. The van der Waals surface area contributed by atoms with Gasteiger partial charge in [-0.2, -0.15) is 0 Å². The number of benzene rings is 2. The van der Waals surface area contributed by atoms with Gasteiger partial charge in [0, 0.05) is 18.2 Å². The molecular formula is C22H28ClN3O2. The maximum Gasteiger partial charge on any atom is 0.251 e. The summed E-state index contributed by atoms with van der Waals surface area (Å²) < 4.78 is 0. The van der Waals surface area contributed by atoms with E-state index in [0.717, 1.165) is 37.1 Å². The van der Waals surface area contributed by atoms with Crippen molar-refractivity contribution in [1.29, 1.82) is 0 Å². The third-order valence-electron chi connectivity index (χ3n) is 4.87. The zero-order valence-electron chi connectivity index (χ0n) is 16.1. The number of carbonyl (C=O) groups excluding carboxylic acids is 2. The van der Waals surface area contributed by atoms with E-state index in [1.807, 2.05) is 49.4 Å². The number of rotatable bonds is 6. The van der Waals surface area contributed by atoms with Crippen LogP contribution in [0.3, 0.4) is 0 Å². The Morgan fingerprint density at radius 2 is 1.82 bits per heavy atom. The number of hydrogen-bond donors (Lipinski definition) is 3. The second kappa shape index (κ2) is 10.8. The van der Waals surface area contributed by atoms with Gasteiger partial charge in [0.25, 0.3) is 5.91 Å². The van der Waals surface area contributed by atoms with Crippen LogP contribution in [0.15, 0.2) is 54.6 Å². The van der Waals surface area contributed by atoms with Crippen molar-refractivity contribution < 1.29 is 9.59 Å². The van der Waals surface area contributed by atoms with E-state index < -0.39 is 0 Å². The Balaban J connectivity index is 0.00000280. The van der Waals surface area contributed by atoms with Crippen molar-refractivity contribution in [1.82, 2.24) is 16.0 Å². The van der Waals surface area contributed by atoms with Crippen LogP contribution in [0, 0.1) is 6.92 Å². The van der Waals surface area contributed by atoms with Crippen molar-refractivity contribution in [2.24, 2.45) is 0 Å². The van der Waals surface area contributed by atoms with Crippen molar-refractivity contribution in [3.05, 3.63) is 71.3 Å². The molecule has 0 aromatic heterocycles. The third kappa shape index (κ3) is 6.36. The molecule has 1 heterocycles. The Labute approximate surface area is 172 Å². The molecule has 1 fully saturated rings. The van der Waals surface area contributed by atoms with Gasteiger partial charge in [0.1, 0.15) is 0 Å². The van der Waals surface area contributed by atoms with Crippen LogP contribution < -0.4 is 16.0 Å². The average Bonchev–Trinajstić information content (AvgIpc) is 2.69. The van der Waals surface area contributed by atoms with Crippen LogP contribution in [0.5, 0.6) is 0 Å². The predicted octanol–water partition coefficient (Wildman–Crippen LogP) is 3.15. The standard InChI is InChI=1S/C22H27N3O2.ClH/c1-16-9-11-18(12-10-16)22(27)25-20(17-6-3-2-4-7-17)14-21(26)24-19-8-5-13-23-15-19;/h2-4,6-7,9-12,19-20,23H,5,8,13-15H2,1H3,(H,24,26)(H,25,27);1H. The number of piperidine rings is 1. The second-order valence-electron chi connectivity index (χ2n) is 7.12. The van der Waals surface area contributed by atoms with Gasteiger partial charge < -0.3 is 16.0 Å². The third-order valence-corrected chi connectivity index (χ3v) is 4.87. The Morgan fingerprint density at radius 3 is 2.46 bits per heavy atom. The molecule has 0 radical (unpaired) electrons. The van der Waals surface area contributed by atoms with Gasteiger partial charge in [-0.3, -0.25) is 9.59 Å². The molecule has 2 atom stereocenters. The quantitative estimate of drug-likeness (QED) is 0.696. The lowest BCUT2D eigenvalue weighted by molar-refractivity contribution is -0.122. The van der Waals surface area contributed by atoms with E-state index in [0.29, 0.717) is 5.56 Å². The van der Waals surface area contributed by atoms with Crippen LogP contribution in [0.4, 0.5) is 0 Å². The highest BCUT2D eigenvalue weighted by Crippen LogP contribution is 2.18. The van der Waals surface area contributed by atoms with Gasteiger partial charge in [0.05, 0.1) is 12.5 Å². The number of hydrogen-bond acceptors (Lipinski definition) is 3. The van der Waals surface area contributed by atoms with E-state index >= 15 is 0 Å². The molecule has 6 heteroatoms. The van der Waals surface area contributed by atoms with Crippen molar-refractivity contribution in [2.45, 2.75) is 38.3 Å². The molecule has 2 aromatic rings. The van der Waals surface area contributed by atoms with E-state index in [4.69, 9.17) is 0 Å². The topological polar surface area (TPSA) is 70.2 Å². The van der Waals surface area contributed by atoms with Gasteiger partial charge in [-0.05, 0) is 44.0 Å². The van der Waals surface area contributed by atoms with Crippen LogP contribution in [0.1, 0.15) is 46.8 Å². The Kier molecular flexibility index (Phi) is 8.48. The molecule has 0 aliphatic carbocycles. The van der Waals surface area contributed by atoms with Crippen LogP contribution >= 0.6 is 12.4 Å². The van der Waals surface area contributed by atoms with Gasteiger partial charge in [-0.1, -0.05) is 48.0 Å². The Bertz CT molecular complexity index is 759. The lowest BCUT2D eigenvalue weighted by Gasteiger charge is -2.25. The van der Waals surface area contributed by atoms with E-state index in [1.54, 1.807) is 12.1 Å². The average molecular weight is 402 g/mol. The van der Waals surface area contributed by atoms with E-state index in [-0.39, 0.29) is 42.7 Å². The van der Waals surface area contributed by atoms with Crippen molar-refractivity contribution in [3.63, 3.8) is 0 Å². The summed E-state index contributed by atoms with van der Waals surface area (Å²) in [4.78, 5) is 25.2. The first-order valence-electron chi connectivity index (χ1n) is 9.54. The first-order valence-corrected chi connectivity index (χ1v) is 9.54. The lowest BCUT2D eigenvalue weighted by Crippen LogP contribution is -2.46. The minimum Gasteiger partial charge on any atom is -0.352 e. The molecule has 5 nitrogen and oxygen atoms in total. The van der Waals surface area contributed by atoms with Crippen molar-refractivity contribution in [3.8, 4) is 0 Å². The highest BCUT2D eigenvalue weighted by molar-refractivity contribution is 5.94. The fraction of sp³-hybridized carbons (Fsp3) is 0.364. The number of carbonyl (C=O) groups is 2. The lowest BCUT2D eigenvalue weighted by atomic mass is 10.0. The maximum absolute atomic E-state index is 12.7. The summed E-state index contributed by atoms with van der Waals surface area (Å²) in [5.74, 6) is -0.210. The first kappa shape index (κ1) is 21.9. The molecule has 3 rings (SSSR count). The zero-order chi connectivity index (χ0) is 19.1. The molecule has 0 saturated carbocycles. The number of amides is 2. The van der Waals surface area contributed by atoms with Gasteiger partial charge in [-0.25, -0.2) is 0 Å². The Hall–Kier alpha value is -2.37. The molecule has 150 valence electrons. The van der Waals surface area contributed by atoms with E-state index in [2.05, 4.69) is 16.0 Å². The van der Waals surface area contributed by atoms with Crippen LogP contribution in [-0.2, 0) is 4.79 Å². The van der Waals surface area contributed by atoms with Gasteiger partial charge in [0.15, 0.2) is 0 Å². The smallest absolute Gasteiger partial charge is 0.251 e. The molecule has 0 bridgehead atoms. The first-order chi connectivity index (χ1) is 13.1. The summed E-state index contributed by atoms with van der Waals surface area (Å²) in [5, 5.41) is 9.41. The molecule has 3 N–H and O–H groups in total. The highest BCUT2D eigenvalue weighted by atomic mass is 35.5. The van der Waals surface area contributed by atoms with Crippen molar-refractivity contribution >= 4 is 24.2 Å². The summed E-state index contributed by atoms with van der Waals surface area (Å²) in [6.07, 6.45) is 2.28. The minimum atomic E-state index is -0.364. The molecule has 2 aromatic carbocycles. The van der Waals surface area contributed by atoms with Crippen molar-refractivity contribution in [2.75, 3.05) is 13.1 Å². The second-order valence-corrected chi connectivity index (χ2v) is 7.12. The molecule has 1 saturated heterocycles. The summed E-state index contributed by atoms with van der Waals surface area (Å²) in [7, 11) is 0. The Morgan fingerprint density at radius 1 is 1.11 bits per heavy atom. The molecule has 1 aliphatic heterocycles. The molecule has 1 aliphatic rings. The largest absolute Gasteiger partial charge is 0.352 e. The minimum absolute atomic E-state index is 0. The van der Waals surface area contributed by atoms with Crippen LogP contribution in [-0.4, -0.2) is 30.9 Å². The molecule has 2 unspecified atom stereocenters. The SMILES string of the molecule is Cc1ccc(C(=O)NC(CC(=O)NC2CCCNC2)c2ccccc2)cc1.Cl. The zero-order valence-corrected chi connectivity index (χ0v) is 16.9. The summed E-state index contributed by atoms with van der Waals surface area (Å²) in [6, 6.07) is 16.9. The van der Waals surface area contributed by atoms with Gasteiger partial charge in [0.2, 0.25) is 5.91 Å². The molecule has 2 amide bonds. The normalized spacial score (nSPS) is 17.1. The highest BCUT2D eigenvalue weighted by Gasteiger charge is 2.21.